The van der Waals surface area contributed by atoms with E-state index in [0.717, 1.165) is 66.8 Å². The number of carboxylic acids is 4. The molecular weight excluding hydrogens is 1000 g/mol. The molecule has 0 spiro atoms. The maximum atomic E-state index is 11.6. The Morgan fingerprint density at radius 2 is 0.448 bits per heavy atom. The fourth-order valence-electron chi connectivity index (χ4n) is 6.57. The van der Waals surface area contributed by atoms with Gasteiger partial charge in [0.1, 0.15) is 0 Å². The minimum atomic E-state index is -1.04. The standard InChI is InChI=1S/C46H26Br4O8/c47-39-37(35-19-31(23-1-9-27(10-2-23)43(51)52)17-32(20-35)24-3-11-28(12-4-24)44(53)54)40(48)42(50)38(41(39)49)36-21-33(25-5-13-29(14-6-25)45(55)56)18-34(22-36)26-7-15-30(16-8-26)46(57)58/h1-22H,(H,51,52)(H,53,54)(H,55,56)(H,57,58). The lowest BCUT2D eigenvalue weighted by atomic mass is 9.90. The van der Waals surface area contributed by atoms with Crippen LogP contribution in [0.5, 0.6) is 0 Å². The summed E-state index contributed by atoms with van der Waals surface area (Å²) in [6.07, 6.45) is 0. The first-order valence-electron chi connectivity index (χ1n) is 17.2. The molecule has 7 rings (SSSR count). The van der Waals surface area contributed by atoms with E-state index in [-0.39, 0.29) is 22.3 Å². The van der Waals surface area contributed by atoms with Gasteiger partial charge in [0.25, 0.3) is 0 Å². The molecule has 0 aliphatic heterocycles. The molecule has 58 heavy (non-hydrogen) atoms. The van der Waals surface area contributed by atoms with Crippen LogP contribution >= 0.6 is 63.7 Å². The second-order valence-corrected chi connectivity index (χ2v) is 16.3. The number of carbonyl (C=O) groups is 4. The van der Waals surface area contributed by atoms with E-state index in [1.54, 1.807) is 97.1 Å². The van der Waals surface area contributed by atoms with Gasteiger partial charge in [-0.05, 0) is 204 Å². The highest BCUT2D eigenvalue weighted by atomic mass is 79.9. The molecule has 0 amide bonds. The lowest BCUT2D eigenvalue weighted by Crippen LogP contribution is -1.97. The van der Waals surface area contributed by atoms with E-state index in [1.807, 2.05) is 36.4 Å². The fourth-order valence-corrected chi connectivity index (χ4v) is 9.60. The van der Waals surface area contributed by atoms with Gasteiger partial charge in [-0.15, -0.1) is 0 Å². The second-order valence-electron chi connectivity index (χ2n) is 13.1. The average molecular weight is 1030 g/mol. The fraction of sp³-hybridized carbons (Fsp3) is 0. The largest absolute Gasteiger partial charge is 0.478 e. The smallest absolute Gasteiger partial charge is 0.335 e. The van der Waals surface area contributed by atoms with Crippen LogP contribution < -0.4 is 0 Å². The predicted molar refractivity (Wildman–Crippen MR) is 238 cm³/mol. The van der Waals surface area contributed by atoms with Gasteiger partial charge in [0.15, 0.2) is 0 Å². The quantitative estimate of drug-likeness (QED) is 0.0990. The van der Waals surface area contributed by atoms with Crippen molar-refractivity contribution >= 4 is 87.6 Å². The normalized spacial score (nSPS) is 11.0. The molecule has 7 aromatic carbocycles. The number of aromatic carboxylic acids is 4. The van der Waals surface area contributed by atoms with E-state index in [0.29, 0.717) is 17.9 Å². The molecule has 7 aromatic rings. The van der Waals surface area contributed by atoms with Gasteiger partial charge in [0, 0.05) is 29.0 Å². The summed E-state index contributed by atoms with van der Waals surface area (Å²) < 4.78 is 2.80. The van der Waals surface area contributed by atoms with E-state index in [1.165, 1.54) is 0 Å². The molecule has 4 N–H and O–H groups in total. The predicted octanol–water partition coefficient (Wildman–Crippen LogP) is 13.5. The van der Waals surface area contributed by atoms with Crippen molar-refractivity contribution in [3.8, 4) is 66.8 Å². The first kappa shape index (κ1) is 40.5. The number of hydrogen-bond donors (Lipinski definition) is 4. The summed E-state index contributed by atoms with van der Waals surface area (Å²) in [7, 11) is 0. The first-order valence-corrected chi connectivity index (χ1v) is 20.4. The van der Waals surface area contributed by atoms with Crippen LogP contribution in [0.3, 0.4) is 0 Å². The molecule has 0 saturated heterocycles. The molecule has 0 aliphatic rings. The van der Waals surface area contributed by atoms with E-state index < -0.39 is 23.9 Å². The highest BCUT2D eigenvalue weighted by molar-refractivity contribution is 9.14. The van der Waals surface area contributed by atoms with Crippen LogP contribution in [-0.4, -0.2) is 44.3 Å². The van der Waals surface area contributed by atoms with Crippen molar-refractivity contribution in [2.45, 2.75) is 0 Å². The van der Waals surface area contributed by atoms with Crippen molar-refractivity contribution < 1.29 is 39.6 Å². The van der Waals surface area contributed by atoms with Gasteiger partial charge in [-0.25, -0.2) is 19.2 Å². The zero-order valence-corrected chi connectivity index (χ0v) is 36.0. The molecule has 0 fully saturated rings. The van der Waals surface area contributed by atoms with Crippen LogP contribution in [0, 0.1) is 0 Å². The first-order chi connectivity index (χ1) is 27.7. The van der Waals surface area contributed by atoms with Crippen molar-refractivity contribution in [2.75, 3.05) is 0 Å². The van der Waals surface area contributed by atoms with Gasteiger partial charge in [-0.2, -0.15) is 0 Å². The Bertz CT molecular complexity index is 2420. The van der Waals surface area contributed by atoms with Crippen LogP contribution in [0.2, 0.25) is 0 Å². The molecule has 0 heterocycles. The van der Waals surface area contributed by atoms with Crippen LogP contribution in [0.25, 0.3) is 66.8 Å². The average Bonchev–Trinajstić information content (AvgIpc) is 3.23. The zero-order chi connectivity index (χ0) is 41.4. The number of halogens is 4. The summed E-state index contributed by atoms with van der Waals surface area (Å²) in [5.41, 5.74) is 10.0. The van der Waals surface area contributed by atoms with Crippen LogP contribution in [0.15, 0.2) is 151 Å². The number of benzene rings is 7. The van der Waals surface area contributed by atoms with Crippen molar-refractivity contribution in [3.63, 3.8) is 0 Å². The van der Waals surface area contributed by atoms with Crippen LogP contribution in [0.1, 0.15) is 41.4 Å². The lowest BCUT2D eigenvalue weighted by molar-refractivity contribution is 0.0686. The Balaban J connectivity index is 1.42. The maximum absolute atomic E-state index is 11.6. The molecule has 286 valence electrons. The molecule has 0 unspecified atom stereocenters. The molecule has 0 atom stereocenters. The molecule has 0 aliphatic carbocycles. The monoisotopic (exact) mass is 1020 g/mol. The van der Waals surface area contributed by atoms with Crippen molar-refractivity contribution in [1.82, 2.24) is 0 Å². The van der Waals surface area contributed by atoms with Gasteiger partial charge in [0.2, 0.25) is 0 Å². The summed E-state index contributed by atoms with van der Waals surface area (Å²) in [5.74, 6) is -4.14. The molecule has 0 radical (unpaired) electrons. The second kappa shape index (κ2) is 16.7. The number of carboxylic acid groups (broad SMARTS) is 4. The SMILES string of the molecule is O=C(O)c1ccc(-c2cc(-c3ccc(C(=O)O)cc3)cc(-c3c(Br)c(Br)c(-c4cc(-c5ccc(C(=O)O)cc5)cc(-c5ccc(C(=O)O)cc5)c4)c(Br)c3Br)c2)cc1. The minimum Gasteiger partial charge on any atom is -0.478 e. The number of hydrogen-bond acceptors (Lipinski definition) is 4. The van der Waals surface area contributed by atoms with Gasteiger partial charge in [-0.3, -0.25) is 0 Å². The highest BCUT2D eigenvalue weighted by Crippen LogP contribution is 2.52. The Morgan fingerprint density at radius 1 is 0.276 bits per heavy atom. The topological polar surface area (TPSA) is 149 Å². The van der Waals surface area contributed by atoms with Gasteiger partial charge < -0.3 is 20.4 Å². The van der Waals surface area contributed by atoms with Crippen LogP contribution in [0.4, 0.5) is 0 Å². The third-order valence-electron chi connectivity index (χ3n) is 9.57. The Hall–Kier alpha value is -5.66. The Kier molecular flexibility index (Phi) is 11.7. The molecular formula is C46H26Br4O8. The Morgan fingerprint density at radius 3 is 0.621 bits per heavy atom. The summed E-state index contributed by atoms with van der Waals surface area (Å²) in [4.78, 5) is 46.5. The van der Waals surface area contributed by atoms with E-state index in [9.17, 15) is 39.6 Å². The minimum absolute atomic E-state index is 0.153. The van der Waals surface area contributed by atoms with E-state index in [4.69, 9.17) is 0 Å². The maximum Gasteiger partial charge on any atom is 0.335 e. The third kappa shape index (κ3) is 8.19. The van der Waals surface area contributed by atoms with Gasteiger partial charge >= 0.3 is 23.9 Å². The molecule has 0 bridgehead atoms. The third-order valence-corrected chi connectivity index (χ3v) is 13.8. The van der Waals surface area contributed by atoms with Crippen molar-refractivity contribution in [3.05, 3.63) is 174 Å². The summed E-state index contributed by atoms with van der Waals surface area (Å²) >= 11 is 15.6. The van der Waals surface area contributed by atoms with Crippen LogP contribution in [-0.2, 0) is 0 Å². The van der Waals surface area contributed by atoms with Crippen molar-refractivity contribution in [1.29, 1.82) is 0 Å². The molecule has 0 saturated carbocycles. The lowest BCUT2D eigenvalue weighted by Gasteiger charge is -2.20. The summed E-state index contributed by atoms with van der Waals surface area (Å²) in [6, 6.07) is 38.2. The van der Waals surface area contributed by atoms with Gasteiger partial charge in [0.05, 0.1) is 22.3 Å². The van der Waals surface area contributed by atoms with E-state index in [2.05, 4.69) is 63.7 Å². The van der Waals surface area contributed by atoms with E-state index >= 15 is 0 Å². The van der Waals surface area contributed by atoms with Crippen molar-refractivity contribution in [2.24, 2.45) is 0 Å². The molecule has 12 heteroatoms. The highest BCUT2D eigenvalue weighted by Gasteiger charge is 2.24. The van der Waals surface area contributed by atoms with Gasteiger partial charge in [-0.1, -0.05) is 48.5 Å². The molecule has 0 aromatic heterocycles. The number of rotatable bonds is 10. The molecule has 8 nitrogen and oxygen atoms in total. The Labute approximate surface area is 365 Å². The summed E-state index contributed by atoms with van der Waals surface area (Å²) in [5, 5.41) is 38.1. The zero-order valence-electron chi connectivity index (χ0n) is 29.6. The summed E-state index contributed by atoms with van der Waals surface area (Å²) in [6.45, 7) is 0.